The van der Waals surface area contributed by atoms with E-state index >= 15 is 0 Å². The molecule has 1 aromatic heterocycles. The SMILES string of the molecule is Cc1nn(C)cc1CN1CCC(=O)N(Cc2cccc(Cl)c2)CC1. The Balaban J connectivity index is 1.62. The molecule has 0 radical (unpaired) electrons. The van der Waals surface area contributed by atoms with Gasteiger partial charge in [-0.25, -0.2) is 0 Å². The lowest BCUT2D eigenvalue weighted by Crippen LogP contribution is -2.32. The van der Waals surface area contributed by atoms with Crippen molar-refractivity contribution in [1.82, 2.24) is 19.6 Å². The molecular weight excluding hydrogens is 324 g/mol. The van der Waals surface area contributed by atoms with Gasteiger partial charge in [0.1, 0.15) is 0 Å². The van der Waals surface area contributed by atoms with Gasteiger partial charge in [0, 0.05) is 63.0 Å². The van der Waals surface area contributed by atoms with Crippen molar-refractivity contribution in [2.24, 2.45) is 7.05 Å². The van der Waals surface area contributed by atoms with E-state index in [0.717, 1.165) is 37.4 Å². The second-order valence-electron chi connectivity index (χ2n) is 6.38. The molecule has 0 bridgehead atoms. The van der Waals surface area contributed by atoms with E-state index in [4.69, 9.17) is 11.6 Å². The van der Waals surface area contributed by atoms with Crippen molar-refractivity contribution < 1.29 is 4.79 Å². The van der Waals surface area contributed by atoms with Gasteiger partial charge in [0.05, 0.1) is 5.69 Å². The molecule has 1 aliphatic heterocycles. The van der Waals surface area contributed by atoms with Crippen LogP contribution in [0.5, 0.6) is 0 Å². The summed E-state index contributed by atoms with van der Waals surface area (Å²) in [6.07, 6.45) is 2.62. The predicted octanol–water partition coefficient (Wildman–Crippen LogP) is 2.62. The molecule has 1 aliphatic rings. The van der Waals surface area contributed by atoms with Gasteiger partial charge in [-0.2, -0.15) is 5.10 Å². The molecule has 0 atom stereocenters. The molecule has 0 N–H and O–H groups in total. The van der Waals surface area contributed by atoms with Crippen LogP contribution in [0.1, 0.15) is 23.2 Å². The van der Waals surface area contributed by atoms with Crippen LogP contribution < -0.4 is 0 Å². The lowest BCUT2D eigenvalue weighted by molar-refractivity contribution is -0.130. The number of benzene rings is 1. The van der Waals surface area contributed by atoms with Crippen LogP contribution in [-0.2, 0) is 24.9 Å². The van der Waals surface area contributed by atoms with Crippen molar-refractivity contribution >= 4 is 17.5 Å². The van der Waals surface area contributed by atoms with Gasteiger partial charge in [0.25, 0.3) is 0 Å². The Morgan fingerprint density at radius 1 is 1.21 bits per heavy atom. The van der Waals surface area contributed by atoms with Crippen LogP contribution in [0.15, 0.2) is 30.5 Å². The lowest BCUT2D eigenvalue weighted by Gasteiger charge is -2.22. The highest BCUT2D eigenvalue weighted by Gasteiger charge is 2.21. The number of hydrogen-bond acceptors (Lipinski definition) is 3. The summed E-state index contributed by atoms with van der Waals surface area (Å²) >= 11 is 6.04. The highest BCUT2D eigenvalue weighted by Crippen LogP contribution is 2.16. The summed E-state index contributed by atoms with van der Waals surface area (Å²) in [7, 11) is 1.94. The third-order valence-corrected chi connectivity index (χ3v) is 4.69. The first kappa shape index (κ1) is 17.0. The van der Waals surface area contributed by atoms with Crippen LogP contribution >= 0.6 is 11.6 Å². The number of amides is 1. The van der Waals surface area contributed by atoms with E-state index in [1.54, 1.807) is 0 Å². The van der Waals surface area contributed by atoms with Gasteiger partial charge in [-0.3, -0.25) is 14.4 Å². The molecule has 0 unspecified atom stereocenters. The van der Waals surface area contributed by atoms with Gasteiger partial charge in [0.15, 0.2) is 0 Å². The molecule has 0 spiro atoms. The van der Waals surface area contributed by atoms with Crippen molar-refractivity contribution in [3.63, 3.8) is 0 Å². The van der Waals surface area contributed by atoms with Gasteiger partial charge in [-0.05, 0) is 24.6 Å². The van der Waals surface area contributed by atoms with E-state index in [1.807, 2.05) is 47.8 Å². The molecule has 3 rings (SSSR count). The van der Waals surface area contributed by atoms with Crippen molar-refractivity contribution in [3.8, 4) is 0 Å². The number of aryl methyl sites for hydroxylation is 2. The fourth-order valence-corrected chi connectivity index (χ4v) is 3.35. The maximum Gasteiger partial charge on any atom is 0.224 e. The number of hydrogen-bond donors (Lipinski definition) is 0. The van der Waals surface area contributed by atoms with Crippen molar-refractivity contribution in [2.45, 2.75) is 26.4 Å². The van der Waals surface area contributed by atoms with Crippen molar-refractivity contribution in [3.05, 3.63) is 52.3 Å². The Labute approximate surface area is 147 Å². The number of carbonyl (C=O) groups is 1. The number of nitrogens with zero attached hydrogens (tertiary/aromatic N) is 4. The largest absolute Gasteiger partial charge is 0.337 e. The molecule has 2 aromatic rings. The van der Waals surface area contributed by atoms with Gasteiger partial charge in [0.2, 0.25) is 5.91 Å². The van der Waals surface area contributed by atoms with Crippen LogP contribution in [0.4, 0.5) is 0 Å². The van der Waals surface area contributed by atoms with E-state index in [9.17, 15) is 4.79 Å². The monoisotopic (exact) mass is 346 g/mol. The Hall–Kier alpha value is -1.85. The van der Waals surface area contributed by atoms with Crippen molar-refractivity contribution in [2.75, 3.05) is 19.6 Å². The first-order chi connectivity index (χ1) is 11.5. The van der Waals surface area contributed by atoms with E-state index < -0.39 is 0 Å². The molecule has 1 saturated heterocycles. The average Bonchev–Trinajstić information content (AvgIpc) is 2.75. The highest BCUT2D eigenvalue weighted by molar-refractivity contribution is 6.30. The molecule has 6 heteroatoms. The van der Waals surface area contributed by atoms with Gasteiger partial charge >= 0.3 is 0 Å². The summed E-state index contributed by atoms with van der Waals surface area (Å²) in [6.45, 7) is 5.91. The number of rotatable bonds is 4. The van der Waals surface area contributed by atoms with E-state index in [-0.39, 0.29) is 5.91 Å². The van der Waals surface area contributed by atoms with E-state index in [0.29, 0.717) is 18.0 Å². The number of halogens is 1. The molecule has 24 heavy (non-hydrogen) atoms. The third-order valence-electron chi connectivity index (χ3n) is 4.45. The summed E-state index contributed by atoms with van der Waals surface area (Å²) in [5.41, 5.74) is 3.37. The fourth-order valence-electron chi connectivity index (χ4n) is 3.14. The fraction of sp³-hybridized carbons (Fsp3) is 0.444. The summed E-state index contributed by atoms with van der Waals surface area (Å²) in [4.78, 5) is 16.7. The highest BCUT2D eigenvalue weighted by atomic mass is 35.5. The second kappa shape index (κ2) is 7.36. The predicted molar refractivity (Wildman–Crippen MR) is 94.7 cm³/mol. The minimum Gasteiger partial charge on any atom is -0.337 e. The molecule has 1 fully saturated rings. The Morgan fingerprint density at radius 2 is 2.04 bits per heavy atom. The standard InChI is InChI=1S/C18H23ClN4O/c1-14-16(12-21(2)20-14)13-22-7-6-18(24)23(9-8-22)11-15-4-3-5-17(19)10-15/h3-5,10,12H,6-9,11,13H2,1-2H3. The maximum atomic E-state index is 12.4. The molecule has 2 heterocycles. The Bertz CT molecular complexity index is 728. The van der Waals surface area contributed by atoms with Crippen LogP contribution in [-0.4, -0.2) is 45.1 Å². The minimum absolute atomic E-state index is 0.209. The molecular formula is C18H23ClN4O. The Kier molecular flexibility index (Phi) is 5.21. The van der Waals surface area contributed by atoms with Gasteiger partial charge in [-0.15, -0.1) is 0 Å². The summed E-state index contributed by atoms with van der Waals surface area (Å²) in [5.74, 6) is 0.209. The lowest BCUT2D eigenvalue weighted by atomic mass is 10.2. The first-order valence-electron chi connectivity index (χ1n) is 8.25. The van der Waals surface area contributed by atoms with Crippen molar-refractivity contribution in [1.29, 1.82) is 0 Å². The van der Waals surface area contributed by atoms with Crippen LogP contribution in [0.3, 0.4) is 0 Å². The molecule has 0 saturated carbocycles. The Morgan fingerprint density at radius 3 is 2.75 bits per heavy atom. The summed E-state index contributed by atoms with van der Waals surface area (Å²) in [5, 5.41) is 5.11. The molecule has 0 aliphatic carbocycles. The molecule has 5 nitrogen and oxygen atoms in total. The van der Waals surface area contributed by atoms with Crippen LogP contribution in [0.2, 0.25) is 5.02 Å². The van der Waals surface area contributed by atoms with Gasteiger partial charge in [-0.1, -0.05) is 23.7 Å². The van der Waals surface area contributed by atoms with E-state index in [2.05, 4.69) is 16.2 Å². The zero-order valence-corrected chi connectivity index (χ0v) is 15.0. The maximum absolute atomic E-state index is 12.4. The minimum atomic E-state index is 0.209. The normalized spacial score (nSPS) is 16.5. The van der Waals surface area contributed by atoms with E-state index in [1.165, 1.54) is 5.56 Å². The topological polar surface area (TPSA) is 41.4 Å². The summed E-state index contributed by atoms with van der Waals surface area (Å²) < 4.78 is 1.85. The van der Waals surface area contributed by atoms with Gasteiger partial charge < -0.3 is 4.90 Å². The number of aromatic nitrogens is 2. The first-order valence-corrected chi connectivity index (χ1v) is 8.63. The zero-order valence-electron chi connectivity index (χ0n) is 14.2. The molecule has 1 amide bonds. The quantitative estimate of drug-likeness (QED) is 0.854. The van der Waals surface area contributed by atoms with Crippen LogP contribution in [0.25, 0.3) is 0 Å². The molecule has 128 valence electrons. The zero-order chi connectivity index (χ0) is 17.1. The third kappa shape index (κ3) is 4.16. The number of carbonyl (C=O) groups excluding carboxylic acids is 1. The van der Waals surface area contributed by atoms with Crippen LogP contribution in [0, 0.1) is 6.92 Å². The second-order valence-corrected chi connectivity index (χ2v) is 6.82. The summed E-state index contributed by atoms with van der Waals surface area (Å²) in [6, 6.07) is 7.72. The molecule has 1 aromatic carbocycles. The smallest absolute Gasteiger partial charge is 0.224 e. The average molecular weight is 347 g/mol.